The molecule has 0 saturated carbocycles. The molecular formula is C13H17N. The van der Waals surface area contributed by atoms with Crippen LogP contribution in [0.15, 0.2) is 39.1 Å². The number of hydrogen-bond donors (Lipinski definition) is 0. The Labute approximate surface area is 85.9 Å². The van der Waals surface area contributed by atoms with Gasteiger partial charge in [0, 0.05) is 23.1 Å². The first-order chi connectivity index (χ1) is 6.81. The molecule has 1 heteroatoms. The normalized spacial score (nSPS) is 19.5. The summed E-state index contributed by atoms with van der Waals surface area (Å²) in [6, 6.07) is 0. The molecule has 0 aromatic rings. The predicted molar refractivity (Wildman–Crippen MR) is 61.5 cm³/mol. The van der Waals surface area contributed by atoms with Crippen molar-refractivity contribution in [1.29, 1.82) is 0 Å². The zero-order chi connectivity index (χ0) is 10.1. The molecule has 0 radical (unpaired) electrons. The van der Waals surface area contributed by atoms with Crippen LogP contribution in [0, 0.1) is 0 Å². The van der Waals surface area contributed by atoms with Gasteiger partial charge in [-0.1, -0.05) is 20.8 Å². The monoisotopic (exact) mass is 187 g/mol. The highest BCUT2D eigenvalue weighted by molar-refractivity contribution is 5.94. The molecule has 1 heterocycles. The largest absolute Gasteiger partial charge is 0.260 e. The smallest absolute Gasteiger partial charge is 0.0482 e. The van der Waals surface area contributed by atoms with Gasteiger partial charge in [0.2, 0.25) is 0 Å². The maximum absolute atomic E-state index is 4.46. The number of aliphatic imine (C=N–C) groups is 1. The fourth-order valence-corrected chi connectivity index (χ4v) is 2.32. The third-order valence-electron chi connectivity index (χ3n) is 3.03. The van der Waals surface area contributed by atoms with E-state index in [4.69, 9.17) is 0 Å². The van der Waals surface area contributed by atoms with Gasteiger partial charge in [0.25, 0.3) is 0 Å². The van der Waals surface area contributed by atoms with Gasteiger partial charge in [-0.25, -0.2) is 0 Å². The summed E-state index contributed by atoms with van der Waals surface area (Å²) in [6.45, 7) is 6.65. The first kappa shape index (κ1) is 9.45. The van der Waals surface area contributed by atoms with Crippen LogP contribution in [0.5, 0.6) is 0 Å². The van der Waals surface area contributed by atoms with Crippen LogP contribution >= 0.6 is 0 Å². The van der Waals surface area contributed by atoms with Crippen LogP contribution in [0.25, 0.3) is 0 Å². The van der Waals surface area contributed by atoms with E-state index in [0.29, 0.717) is 0 Å². The third-order valence-corrected chi connectivity index (χ3v) is 3.03. The summed E-state index contributed by atoms with van der Waals surface area (Å²) in [4.78, 5) is 4.46. The van der Waals surface area contributed by atoms with Crippen molar-refractivity contribution in [2.24, 2.45) is 4.99 Å². The Morgan fingerprint density at radius 1 is 1.07 bits per heavy atom. The molecule has 0 aromatic heterocycles. The van der Waals surface area contributed by atoms with Crippen molar-refractivity contribution in [3.8, 4) is 0 Å². The van der Waals surface area contributed by atoms with Crippen LogP contribution in [0.3, 0.4) is 0 Å². The number of allylic oxidation sites excluding steroid dienone is 6. The van der Waals surface area contributed by atoms with Crippen molar-refractivity contribution >= 4 is 6.21 Å². The van der Waals surface area contributed by atoms with E-state index in [1.807, 2.05) is 6.21 Å². The molecule has 0 atom stereocenters. The third kappa shape index (κ3) is 1.19. The number of rotatable bonds is 3. The van der Waals surface area contributed by atoms with Crippen molar-refractivity contribution in [3.63, 3.8) is 0 Å². The Kier molecular flexibility index (Phi) is 2.40. The van der Waals surface area contributed by atoms with Crippen LogP contribution in [0.4, 0.5) is 0 Å². The average molecular weight is 187 g/mol. The Morgan fingerprint density at radius 3 is 2.43 bits per heavy atom. The summed E-state index contributed by atoms with van der Waals surface area (Å²) < 4.78 is 0. The van der Waals surface area contributed by atoms with E-state index in [0.717, 1.165) is 19.3 Å². The minimum absolute atomic E-state index is 1.05. The number of hydrogen-bond acceptors (Lipinski definition) is 1. The second-order valence-corrected chi connectivity index (χ2v) is 3.74. The summed E-state index contributed by atoms with van der Waals surface area (Å²) in [7, 11) is 0. The maximum Gasteiger partial charge on any atom is 0.0482 e. The van der Waals surface area contributed by atoms with Gasteiger partial charge in [-0.05, 0) is 36.5 Å². The highest BCUT2D eigenvalue weighted by atomic mass is 14.8. The average Bonchev–Trinajstić information content (AvgIpc) is 2.74. The Bertz CT molecular complexity index is 378. The second kappa shape index (κ2) is 3.56. The molecule has 74 valence electrons. The molecule has 0 aromatic carbocycles. The summed E-state index contributed by atoms with van der Waals surface area (Å²) in [6.07, 6.45) is 7.64. The molecule has 2 aliphatic rings. The fourth-order valence-electron chi connectivity index (χ4n) is 2.32. The van der Waals surface area contributed by atoms with Crippen molar-refractivity contribution < 1.29 is 0 Å². The lowest BCUT2D eigenvalue weighted by molar-refractivity contribution is 1.01. The highest BCUT2D eigenvalue weighted by Crippen LogP contribution is 2.39. The lowest BCUT2D eigenvalue weighted by Crippen LogP contribution is -1.89. The molecule has 1 aliphatic carbocycles. The molecule has 0 N–H and O–H groups in total. The topological polar surface area (TPSA) is 12.4 Å². The zero-order valence-electron chi connectivity index (χ0n) is 9.22. The van der Waals surface area contributed by atoms with E-state index in [1.165, 1.54) is 28.0 Å². The first-order valence-corrected chi connectivity index (χ1v) is 5.53. The summed E-state index contributed by atoms with van der Waals surface area (Å²) in [5.74, 6) is 0. The van der Waals surface area contributed by atoms with Gasteiger partial charge in [-0.2, -0.15) is 0 Å². The van der Waals surface area contributed by atoms with Gasteiger partial charge in [0.1, 0.15) is 0 Å². The van der Waals surface area contributed by atoms with Gasteiger partial charge in [-0.15, -0.1) is 0 Å². The van der Waals surface area contributed by atoms with Crippen molar-refractivity contribution in [2.45, 2.75) is 40.0 Å². The molecule has 0 fully saturated rings. The standard InChI is InChI=1S/C13H17N/c1-4-9-7-10-8-14-12(6-3)13(10)11(9)5-2/h7-8H,4-6H2,1-3H3. The van der Waals surface area contributed by atoms with Gasteiger partial charge < -0.3 is 0 Å². The molecular weight excluding hydrogens is 170 g/mol. The van der Waals surface area contributed by atoms with E-state index in [9.17, 15) is 0 Å². The van der Waals surface area contributed by atoms with E-state index in [-0.39, 0.29) is 0 Å². The molecule has 0 bridgehead atoms. The minimum atomic E-state index is 1.05. The lowest BCUT2D eigenvalue weighted by atomic mass is 9.98. The second-order valence-electron chi connectivity index (χ2n) is 3.74. The Morgan fingerprint density at radius 2 is 1.86 bits per heavy atom. The minimum Gasteiger partial charge on any atom is -0.260 e. The molecule has 1 nitrogen and oxygen atoms in total. The molecule has 1 aliphatic heterocycles. The van der Waals surface area contributed by atoms with E-state index < -0.39 is 0 Å². The van der Waals surface area contributed by atoms with Gasteiger partial charge in [0.05, 0.1) is 0 Å². The SMILES string of the molecule is CCC1=C(CC)C2=C(CC)N=CC2=C1. The van der Waals surface area contributed by atoms with Gasteiger partial charge >= 0.3 is 0 Å². The molecule has 0 saturated heterocycles. The van der Waals surface area contributed by atoms with Gasteiger partial charge in [-0.3, -0.25) is 4.99 Å². The first-order valence-electron chi connectivity index (χ1n) is 5.53. The summed E-state index contributed by atoms with van der Waals surface area (Å²) >= 11 is 0. The van der Waals surface area contributed by atoms with Crippen molar-refractivity contribution in [2.75, 3.05) is 0 Å². The molecule has 0 spiro atoms. The van der Waals surface area contributed by atoms with Crippen LogP contribution < -0.4 is 0 Å². The van der Waals surface area contributed by atoms with E-state index in [1.54, 1.807) is 0 Å². The van der Waals surface area contributed by atoms with Crippen LogP contribution in [0.2, 0.25) is 0 Å². The van der Waals surface area contributed by atoms with E-state index >= 15 is 0 Å². The molecule has 14 heavy (non-hydrogen) atoms. The van der Waals surface area contributed by atoms with Crippen molar-refractivity contribution in [3.05, 3.63) is 34.1 Å². The number of nitrogens with zero attached hydrogens (tertiary/aromatic N) is 1. The summed E-state index contributed by atoms with van der Waals surface area (Å²) in [5, 5.41) is 0. The molecule has 0 amide bonds. The zero-order valence-corrected chi connectivity index (χ0v) is 9.22. The molecule has 2 rings (SSSR count). The summed E-state index contributed by atoms with van der Waals surface area (Å²) in [5.41, 5.74) is 7.09. The van der Waals surface area contributed by atoms with Crippen LogP contribution in [-0.4, -0.2) is 6.21 Å². The lowest BCUT2D eigenvalue weighted by Gasteiger charge is -2.06. The fraction of sp³-hybridized carbons (Fsp3) is 0.462. The Hall–Kier alpha value is -1.11. The Balaban J connectivity index is 2.49. The predicted octanol–water partition coefficient (Wildman–Crippen LogP) is 3.79. The maximum atomic E-state index is 4.46. The van der Waals surface area contributed by atoms with Crippen LogP contribution in [-0.2, 0) is 0 Å². The quantitative estimate of drug-likeness (QED) is 0.637. The number of fused-ring (bicyclic) bond motifs is 1. The van der Waals surface area contributed by atoms with Crippen LogP contribution in [0.1, 0.15) is 40.0 Å². The van der Waals surface area contributed by atoms with Gasteiger partial charge in [0.15, 0.2) is 0 Å². The van der Waals surface area contributed by atoms with Crippen molar-refractivity contribution in [1.82, 2.24) is 0 Å². The highest BCUT2D eigenvalue weighted by Gasteiger charge is 2.24. The van der Waals surface area contributed by atoms with E-state index in [2.05, 4.69) is 31.8 Å². The molecule has 0 unspecified atom stereocenters.